The van der Waals surface area contributed by atoms with Crippen LogP contribution in [-0.4, -0.2) is 9.55 Å². The smallest absolute Gasteiger partial charge is 0.271 e. The van der Waals surface area contributed by atoms with Crippen LogP contribution in [0.4, 0.5) is 0 Å². The van der Waals surface area contributed by atoms with Gasteiger partial charge in [-0.2, -0.15) is 0 Å². The summed E-state index contributed by atoms with van der Waals surface area (Å²) in [4.78, 5) is 18.4. The van der Waals surface area contributed by atoms with Crippen LogP contribution in [0.1, 0.15) is 41.0 Å². The molecular weight excluding hydrogens is 304 g/mol. The first-order chi connectivity index (χ1) is 11.2. The van der Waals surface area contributed by atoms with Crippen LogP contribution >= 0.6 is 11.3 Å². The molecule has 0 saturated carbocycles. The van der Waals surface area contributed by atoms with Crippen molar-refractivity contribution in [3.63, 3.8) is 0 Å². The zero-order valence-corrected chi connectivity index (χ0v) is 14.3. The molecular formula is C19H20N2OS. The van der Waals surface area contributed by atoms with Crippen molar-refractivity contribution in [2.45, 2.75) is 45.6 Å². The quantitative estimate of drug-likeness (QED) is 0.712. The minimum atomic E-state index is 0.117. The van der Waals surface area contributed by atoms with Gasteiger partial charge in [-0.15, -0.1) is 11.3 Å². The van der Waals surface area contributed by atoms with E-state index in [9.17, 15) is 4.79 Å². The molecule has 1 atom stereocenters. The van der Waals surface area contributed by atoms with Gasteiger partial charge in [-0.05, 0) is 55.4 Å². The SMILES string of the molecule is CCc1ccc2c(c1)CC[C@H](n1cnc3cc(C)sc3c1=O)C2. The van der Waals surface area contributed by atoms with Crippen LogP contribution in [0.25, 0.3) is 10.2 Å². The van der Waals surface area contributed by atoms with Gasteiger partial charge in [-0.25, -0.2) is 4.98 Å². The minimum Gasteiger partial charge on any atom is -0.295 e. The highest BCUT2D eigenvalue weighted by atomic mass is 32.1. The van der Waals surface area contributed by atoms with E-state index >= 15 is 0 Å². The molecule has 0 amide bonds. The molecule has 23 heavy (non-hydrogen) atoms. The Morgan fingerprint density at radius 3 is 3.00 bits per heavy atom. The fourth-order valence-electron chi connectivity index (χ4n) is 3.55. The molecule has 2 heterocycles. The molecule has 1 aromatic carbocycles. The molecule has 1 aliphatic rings. The van der Waals surface area contributed by atoms with Crippen LogP contribution in [0.5, 0.6) is 0 Å². The third-order valence-electron chi connectivity index (χ3n) is 4.86. The summed E-state index contributed by atoms with van der Waals surface area (Å²) >= 11 is 1.55. The Balaban J connectivity index is 1.72. The Hall–Kier alpha value is -1.94. The molecule has 0 unspecified atom stereocenters. The maximum atomic E-state index is 12.8. The van der Waals surface area contributed by atoms with Crippen molar-refractivity contribution in [1.29, 1.82) is 0 Å². The normalized spacial score (nSPS) is 17.4. The molecule has 0 bridgehead atoms. The topological polar surface area (TPSA) is 34.9 Å². The van der Waals surface area contributed by atoms with Crippen LogP contribution in [0.2, 0.25) is 0 Å². The average molecular weight is 324 g/mol. The van der Waals surface area contributed by atoms with Gasteiger partial charge in [-0.1, -0.05) is 25.1 Å². The molecule has 4 rings (SSSR count). The lowest BCUT2D eigenvalue weighted by Crippen LogP contribution is -2.28. The van der Waals surface area contributed by atoms with Gasteiger partial charge in [0, 0.05) is 10.9 Å². The summed E-state index contributed by atoms with van der Waals surface area (Å²) in [6.45, 7) is 4.22. The maximum Gasteiger partial charge on any atom is 0.271 e. The molecule has 0 radical (unpaired) electrons. The first-order valence-corrected chi connectivity index (χ1v) is 9.05. The van der Waals surface area contributed by atoms with Crippen LogP contribution in [0.15, 0.2) is 35.4 Å². The van der Waals surface area contributed by atoms with Crippen LogP contribution in [0, 0.1) is 6.92 Å². The van der Waals surface area contributed by atoms with E-state index in [-0.39, 0.29) is 11.6 Å². The second-order valence-corrected chi connectivity index (χ2v) is 7.64. The van der Waals surface area contributed by atoms with Gasteiger partial charge in [0.25, 0.3) is 5.56 Å². The number of aryl methyl sites for hydroxylation is 3. The summed E-state index contributed by atoms with van der Waals surface area (Å²) in [5, 5.41) is 0. The van der Waals surface area contributed by atoms with Gasteiger partial charge in [0.2, 0.25) is 0 Å². The van der Waals surface area contributed by atoms with Crippen LogP contribution in [0.3, 0.4) is 0 Å². The second kappa shape index (κ2) is 5.60. The summed E-state index contributed by atoms with van der Waals surface area (Å²) in [6.07, 6.45) is 5.80. The highest BCUT2D eigenvalue weighted by molar-refractivity contribution is 7.18. The average Bonchev–Trinajstić information content (AvgIpc) is 2.96. The fourth-order valence-corrected chi connectivity index (χ4v) is 4.45. The summed E-state index contributed by atoms with van der Waals surface area (Å²) in [5.74, 6) is 0. The van der Waals surface area contributed by atoms with Crippen LogP contribution in [-0.2, 0) is 19.3 Å². The molecule has 0 spiro atoms. The lowest BCUT2D eigenvalue weighted by Gasteiger charge is -2.26. The molecule has 0 aliphatic heterocycles. The van der Waals surface area contributed by atoms with Gasteiger partial charge in [0.15, 0.2) is 0 Å². The van der Waals surface area contributed by atoms with E-state index in [1.807, 2.05) is 17.6 Å². The largest absolute Gasteiger partial charge is 0.295 e. The zero-order valence-electron chi connectivity index (χ0n) is 13.5. The molecule has 0 N–H and O–H groups in total. The lowest BCUT2D eigenvalue weighted by molar-refractivity contribution is 0.429. The predicted molar refractivity (Wildman–Crippen MR) is 95.5 cm³/mol. The summed E-state index contributed by atoms with van der Waals surface area (Å²) in [6, 6.07) is 9.01. The fraction of sp³-hybridized carbons (Fsp3) is 0.368. The van der Waals surface area contributed by atoms with E-state index in [1.54, 1.807) is 17.7 Å². The van der Waals surface area contributed by atoms with Crippen molar-refractivity contribution in [1.82, 2.24) is 9.55 Å². The Bertz CT molecular complexity index is 938. The Labute approximate surface area is 139 Å². The van der Waals surface area contributed by atoms with Crippen molar-refractivity contribution in [3.8, 4) is 0 Å². The van der Waals surface area contributed by atoms with Gasteiger partial charge in [-0.3, -0.25) is 9.36 Å². The third kappa shape index (κ3) is 2.51. The van der Waals surface area contributed by atoms with Crippen molar-refractivity contribution in [2.24, 2.45) is 0 Å². The first-order valence-electron chi connectivity index (χ1n) is 8.23. The highest BCUT2D eigenvalue weighted by Gasteiger charge is 2.22. The summed E-state index contributed by atoms with van der Waals surface area (Å²) in [5.41, 5.74) is 5.18. The minimum absolute atomic E-state index is 0.117. The molecule has 1 aliphatic carbocycles. The number of hydrogen-bond acceptors (Lipinski definition) is 3. The monoisotopic (exact) mass is 324 g/mol. The van der Waals surface area contributed by atoms with Crippen molar-refractivity contribution < 1.29 is 0 Å². The van der Waals surface area contributed by atoms with E-state index in [1.165, 1.54) is 16.7 Å². The van der Waals surface area contributed by atoms with Gasteiger partial charge < -0.3 is 0 Å². The number of nitrogens with zero attached hydrogens (tertiary/aromatic N) is 2. The zero-order chi connectivity index (χ0) is 16.0. The highest BCUT2D eigenvalue weighted by Crippen LogP contribution is 2.29. The van der Waals surface area contributed by atoms with Gasteiger partial charge in [0.1, 0.15) is 4.70 Å². The standard InChI is InChI=1S/C19H20N2OS/c1-3-13-4-5-15-10-16(7-6-14(15)9-13)21-11-20-17-8-12(2)23-18(17)19(21)22/h4-5,8-9,11,16H,3,6-7,10H2,1-2H3/t16-/m0/s1. The second-order valence-electron chi connectivity index (χ2n) is 6.38. The molecule has 3 nitrogen and oxygen atoms in total. The molecule has 0 fully saturated rings. The van der Waals surface area contributed by atoms with Crippen molar-refractivity contribution >= 4 is 21.6 Å². The lowest BCUT2D eigenvalue weighted by atomic mass is 9.87. The summed E-state index contributed by atoms with van der Waals surface area (Å²) < 4.78 is 2.65. The first kappa shape index (κ1) is 14.6. The molecule has 118 valence electrons. The van der Waals surface area contributed by atoms with Gasteiger partial charge in [0.05, 0.1) is 11.8 Å². The third-order valence-corrected chi connectivity index (χ3v) is 5.89. The number of aromatic nitrogens is 2. The Morgan fingerprint density at radius 1 is 1.30 bits per heavy atom. The van der Waals surface area contributed by atoms with Gasteiger partial charge >= 0.3 is 0 Å². The predicted octanol–water partition coefficient (Wildman–Crippen LogP) is 4.06. The molecule has 4 heteroatoms. The molecule has 3 aromatic rings. The summed E-state index contributed by atoms with van der Waals surface area (Å²) in [7, 11) is 0. The maximum absolute atomic E-state index is 12.8. The van der Waals surface area contributed by atoms with E-state index in [0.717, 1.165) is 40.8 Å². The molecule has 2 aromatic heterocycles. The Kier molecular flexibility index (Phi) is 3.57. The van der Waals surface area contributed by atoms with Crippen LogP contribution < -0.4 is 5.56 Å². The van der Waals surface area contributed by atoms with E-state index in [4.69, 9.17) is 0 Å². The number of hydrogen-bond donors (Lipinski definition) is 0. The number of benzene rings is 1. The number of fused-ring (bicyclic) bond motifs is 2. The number of rotatable bonds is 2. The molecule has 0 saturated heterocycles. The van der Waals surface area contributed by atoms with E-state index < -0.39 is 0 Å². The number of thiophene rings is 1. The Morgan fingerprint density at radius 2 is 2.17 bits per heavy atom. The van der Waals surface area contributed by atoms with Crippen molar-refractivity contribution in [3.05, 3.63) is 62.5 Å². The van der Waals surface area contributed by atoms with Crippen molar-refractivity contribution in [2.75, 3.05) is 0 Å². The van der Waals surface area contributed by atoms with E-state index in [0.29, 0.717) is 0 Å². The van der Waals surface area contributed by atoms with E-state index in [2.05, 4.69) is 30.1 Å².